The zero-order valence-electron chi connectivity index (χ0n) is 17.1. The Morgan fingerprint density at radius 3 is 2.69 bits per heavy atom. The van der Waals surface area contributed by atoms with Gasteiger partial charge in [-0.05, 0) is 49.8 Å². The zero-order valence-corrected chi connectivity index (χ0v) is 18.7. The van der Waals surface area contributed by atoms with Crippen LogP contribution >= 0.6 is 11.8 Å². The second-order valence-corrected chi connectivity index (χ2v) is 10.5. The number of aryl methyl sites for hydroxylation is 2. The summed E-state index contributed by atoms with van der Waals surface area (Å²) in [5.74, 6) is 0.583. The minimum absolute atomic E-state index is 0.0314. The summed E-state index contributed by atoms with van der Waals surface area (Å²) < 4.78 is 26.7. The van der Waals surface area contributed by atoms with Crippen molar-refractivity contribution in [2.45, 2.75) is 31.8 Å². The number of carbonyl (C=O) groups is 1. The van der Waals surface area contributed by atoms with E-state index in [2.05, 4.69) is 42.3 Å². The van der Waals surface area contributed by atoms with E-state index in [4.69, 9.17) is 0 Å². The summed E-state index contributed by atoms with van der Waals surface area (Å²) in [5.41, 5.74) is 3.40. The van der Waals surface area contributed by atoms with Crippen molar-refractivity contribution in [3.05, 3.63) is 41.7 Å². The third kappa shape index (κ3) is 5.83. The summed E-state index contributed by atoms with van der Waals surface area (Å²) in [6.07, 6.45) is 6.46. The molecule has 0 atom stereocenters. The first-order valence-electron chi connectivity index (χ1n) is 9.69. The van der Waals surface area contributed by atoms with Gasteiger partial charge < -0.3 is 5.32 Å². The van der Waals surface area contributed by atoms with Crippen LogP contribution in [0.1, 0.15) is 24.0 Å². The Morgan fingerprint density at radius 1 is 1.28 bits per heavy atom. The molecule has 0 radical (unpaired) electrons. The molecular weight excluding hydrogens is 408 g/mol. The van der Waals surface area contributed by atoms with Gasteiger partial charge in [-0.3, -0.25) is 9.36 Å². The van der Waals surface area contributed by atoms with Gasteiger partial charge in [0, 0.05) is 32.0 Å². The number of thioether (sulfide) groups is 1. The van der Waals surface area contributed by atoms with Crippen LogP contribution in [-0.4, -0.2) is 59.8 Å². The van der Waals surface area contributed by atoms with Crippen molar-refractivity contribution >= 4 is 27.7 Å². The summed E-state index contributed by atoms with van der Waals surface area (Å²) in [7, 11) is -3.11. The second-order valence-electron chi connectivity index (χ2n) is 7.57. The van der Waals surface area contributed by atoms with E-state index in [1.807, 2.05) is 10.8 Å². The molecular formula is C20H28N4O3S2. The van der Waals surface area contributed by atoms with Crippen molar-refractivity contribution in [3.8, 4) is 5.69 Å². The lowest BCUT2D eigenvalue weighted by atomic mass is 9.98. The van der Waals surface area contributed by atoms with E-state index in [0.29, 0.717) is 31.3 Å². The maximum absolute atomic E-state index is 12.3. The van der Waals surface area contributed by atoms with Gasteiger partial charge in [-0.2, -0.15) is 0 Å². The summed E-state index contributed by atoms with van der Waals surface area (Å²) in [6, 6.07) is 6.28. The maximum atomic E-state index is 12.3. The third-order valence-electron chi connectivity index (χ3n) is 5.19. The van der Waals surface area contributed by atoms with Crippen LogP contribution in [0.15, 0.2) is 35.7 Å². The Kier molecular flexibility index (Phi) is 7.02. The van der Waals surface area contributed by atoms with Gasteiger partial charge in [-0.25, -0.2) is 17.7 Å². The average molecular weight is 437 g/mol. The van der Waals surface area contributed by atoms with Crippen LogP contribution in [0.2, 0.25) is 0 Å². The molecule has 1 aromatic carbocycles. The van der Waals surface area contributed by atoms with Crippen LogP contribution in [-0.2, 0) is 14.8 Å². The topological polar surface area (TPSA) is 84.3 Å². The van der Waals surface area contributed by atoms with Gasteiger partial charge in [-0.15, -0.1) is 0 Å². The molecule has 0 unspecified atom stereocenters. The van der Waals surface area contributed by atoms with E-state index < -0.39 is 10.0 Å². The van der Waals surface area contributed by atoms with Gasteiger partial charge >= 0.3 is 0 Å². The summed E-state index contributed by atoms with van der Waals surface area (Å²) in [6.45, 7) is 5.76. The van der Waals surface area contributed by atoms with Crippen LogP contribution in [0.4, 0.5) is 0 Å². The van der Waals surface area contributed by atoms with E-state index in [1.54, 1.807) is 6.20 Å². The molecule has 2 heterocycles. The second kappa shape index (κ2) is 9.32. The van der Waals surface area contributed by atoms with Crippen LogP contribution in [0.25, 0.3) is 5.69 Å². The highest BCUT2D eigenvalue weighted by molar-refractivity contribution is 7.99. The normalized spacial score (nSPS) is 16.1. The van der Waals surface area contributed by atoms with Crippen LogP contribution in [0, 0.1) is 19.8 Å². The van der Waals surface area contributed by atoms with E-state index >= 15 is 0 Å². The number of hydrogen-bond acceptors (Lipinski definition) is 5. The number of hydrogen-bond donors (Lipinski definition) is 1. The first kappa shape index (κ1) is 21.9. The number of nitrogens with zero attached hydrogens (tertiary/aromatic N) is 3. The predicted molar refractivity (Wildman–Crippen MR) is 116 cm³/mol. The lowest BCUT2D eigenvalue weighted by molar-refractivity contribution is -0.118. The number of amides is 1. The molecule has 1 saturated heterocycles. The predicted octanol–water partition coefficient (Wildman–Crippen LogP) is 2.37. The molecule has 9 heteroatoms. The van der Waals surface area contributed by atoms with Crippen LogP contribution in [0.5, 0.6) is 0 Å². The molecule has 1 fully saturated rings. The average Bonchev–Trinajstić information content (AvgIpc) is 3.14. The van der Waals surface area contributed by atoms with Crippen LogP contribution < -0.4 is 5.32 Å². The molecule has 2 aromatic rings. The first-order chi connectivity index (χ1) is 13.7. The van der Waals surface area contributed by atoms with E-state index in [0.717, 1.165) is 29.2 Å². The molecule has 3 rings (SSSR count). The molecule has 1 N–H and O–H groups in total. The van der Waals surface area contributed by atoms with Crippen molar-refractivity contribution in [1.82, 2.24) is 19.2 Å². The van der Waals surface area contributed by atoms with Gasteiger partial charge in [0.05, 0.1) is 17.7 Å². The van der Waals surface area contributed by atoms with Crippen molar-refractivity contribution < 1.29 is 13.2 Å². The third-order valence-corrected chi connectivity index (χ3v) is 7.46. The van der Waals surface area contributed by atoms with Gasteiger partial charge in [-0.1, -0.05) is 23.9 Å². The number of benzene rings is 1. The monoisotopic (exact) mass is 436 g/mol. The number of rotatable bonds is 7. The number of sulfonamides is 1. The lowest BCUT2D eigenvalue weighted by Gasteiger charge is -2.30. The Labute approximate surface area is 176 Å². The van der Waals surface area contributed by atoms with Gasteiger partial charge in [0.25, 0.3) is 0 Å². The standard InChI is InChI=1S/C20H28N4O3S2/c1-15-4-5-16(2)18(12-15)24-11-8-21-20(24)28-14-19(25)22-13-17-6-9-23(10-7-17)29(3,26)27/h4-5,8,11-12,17H,6-7,9-10,13-14H2,1-3H3,(H,22,25). The smallest absolute Gasteiger partial charge is 0.230 e. The Balaban J connectivity index is 1.49. The molecule has 0 bridgehead atoms. The number of aromatic nitrogens is 2. The molecule has 158 valence electrons. The van der Waals surface area contributed by atoms with Crippen molar-refractivity contribution in [2.24, 2.45) is 5.92 Å². The number of carbonyl (C=O) groups excluding carboxylic acids is 1. The summed E-state index contributed by atoms with van der Waals surface area (Å²) >= 11 is 1.41. The number of piperidine rings is 1. The minimum Gasteiger partial charge on any atom is -0.355 e. The zero-order chi connectivity index (χ0) is 21.0. The van der Waals surface area contributed by atoms with Crippen molar-refractivity contribution in [3.63, 3.8) is 0 Å². The highest BCUT2D eigenvalue weighted by atomic mass is 32.2. The Hall–Kier alpha value is -1.84. The van der Waals surface area contributed by atoms with Crippen LogP contribution in [0.3, 0.4) is 0 Å². The summed E-state index contributed by atoms with van der Waals surface area (Å²) in [5, 5.41) is 3.77. The molecule has 1 aromatic heterocycles. The fraction of sp³-hybridized carbons (Fsp3) is 0.500. The fourth-order valence-corrected chi connectivity index (χ4v) is 5.11. The van der Waals surface area contributed by atoms with E-state index in [-0.39, 0.29) is 5.91 Å². The molecule has 29 heavy (non-hydrogen) atoms. The molecule has 0 spiro atoms. The van der Waals surface area contributed by atoms with E-state index in [9.17, 15) is 13.2 Å². The lowest BCUT2D eigenvalue weighted by Crippen LogP contribution is -2.41. The Morgan fingerprint density at radius 2 is 2.00 bits per heavy atom. The first-order valence-corrected chi connectivity index (χ1v) is 12.5. The highest BCUT2D eigenvalue weighted by Gasteiger charge is 2.25. The molecule has 1 aliphatic heterocycles. The molecule has 1 aliphatic rings. The Bertz CT molecular complexity index is 964. The minimum atomic E-state index is -3.11. The SMILES string of the molecule is Cc1ccc(C)c(-n2ccnc2SCC(=O)NCC2CCN(S(C)(=O)=O)CC2)c1. The molecule has 1 amide bonds. The largest absolute Gasteiger partial charge is 0.355 e. The van der Waals surface area contributed by atoms with E-state index in [1.165, 1.54) is 27.9 Å². The fourth-order valence-electron chi connectivity index (χ4n) is 3.44. The molecule has 0 saturated carbocycles. The highest BCUT2D eigenvalue weighted by Crippen LogP contribution is 2.24. The molecule has 7 nitrogen and oxygen atoms in total. The number of imidazole rings is 1. The van der Waals surface area contributed by atoms with Gasteiger partial charge in [0.15, 0.2) is 5.16 Å². The van der Waals surface area contributed by atoms with Crippen molar-refractivity contribution in [2.75, 3.05) is 31.6 Å². The number of nitrogens with one attached hydrogen (secondary N) is 1. The van der Waals surface area contributed by atoms with Gasteiger partial charge in [0.1, 0.15) is 0 Å². The van der Waals surface area contributed by atoms with Gasteiger partial charge in [0.2, 0.25) is 15.9 Å². The molecule has 0 aliphatic carbocycles. The van der Waals surface area contributed by atoms with Crippen molar-refractivity contribution in [1.29, 1.82) is 0 Å². The quantitative estimate of drug-likeness (QED) is 0.674. The summed E-state index contributed by atoms with van der Waals surface area (Å²) in [4.78, 5) is 16.7. The maximum Gasteiger partial charge on any atom is 0.230 e.